The van der Waals surface area contributed by atoms with Crippen LogP contribution in [0.4, 0.5) is 16.3 Å². The largest absolute Gasteiger partial charge is 0.497 e. The second-order valence-electron chi connectivity index (χ2n) is 7.43. The Morgan fingerprint density at radius 1 is 1.17 bits per heavy atom. The lowest BCUT2D eigenvalue weighted by Crippen LogP contribution is -2.49. The summed E-state index contributed by atoms with van der Waals surface area (Å²) in [5.41, 5.74) is 2.38. The quantitative estimate of drug-likeness (QED) is 0.801. The number of carbonyl (C=O) groups is 2. The van der Waals surface area contributed by atoms with Gasteiger partial charge in [-0.1, -0.05) is 0 Å². The van der Waals surface area contributed by atoms with Crippen molar-refractivity contribution in [2.24, 2.45) is 0 Å². The number of hydrogen-bond donors (Lipinski definition) is 1. The maximum atomic E-state index is 12.8. The molecule has 2 amide bonds. The number of piperidine rings is 1. The maximum absolute atomic E-state index is 12.8. The monoisotopic (exact) mass is 395 g/mol. The van der Waals surface area contributed by atoms with Gasteiger partial charge in [-0.25, -0.2) is 14.8 Å². The third-order valence-electron chi connectivity index (χ3n) is 5.68. The fourth-order valence-electron chi connectivity index (χ4n) is 4.02. The van der Waals surface area contributed by atoms with Gasteiger partial charge in [-0.15, -0.1) is 0 Å². The van der Waals surface area contributed by atoms with Crippen LogP contribution >= 0.6 is 0 Å². The van der Waals surface area contributed by atoms with E-state index in [4.69, 9.17) is 4.74 Å². The van der Waals surface area contributed by atoms with E-state index in [9.17, 15) is 9.59 Å². The summed E-state index contributed by atoms with van der Waals surface area (Å²) in [6.45, 7) is 3.75. The number of hydrogen-bond acceptors (Lipinski definition) is 6. The molecule has 2 aliphatic rings. The first-order valence-electron chi connectivity index (χ1n) is 9.87. The second kappa shape index (κ2) is 8.06. The highest BCUT2D eigenvalue weighted by Gasteiger charge is 2.30. The van der Waals surface area contributed by atoms with Gasteiger partial charge in [0.1, 0.15) is 23.6 Å². The molecule has 0 radical (unpaired) electrons. The van der Waals surface area contributed by atoms with E-state index in [2.05, 4.69) is 20.2 Å². The van der Waals surface area contributed by atoms with Gasteiger partial charge in [0.2, 0.25) is 0 Å². The van der Waals surface area contributed by atoms with E-state index in [-0.39, 0.29) is 17.9 Å². The number of benzene rings is 1. The van der Waals surface area contributed by atoms with Crippen LogP contribution in [0, 0.1) is 0 Å². The van der Waals surface area contributed by atoms with E-state index in [1.165, 1.54) is 13.3 Å². The lowest BCUT2D eigenvalue weighted by atomic mass is 10.0. The van der Waals surface area contributed by atoms with Crippen LogP contribution in [0.3, 0.4) is 0 Å². The van der Waals surface area contributed by atoms with Crippen molar-refractivity contribution in [2.45, 2.75) is 32.2 Å². The minimum atomic E-state index is -0.0685. The number of urea groups is 1. The zero-order chi connectivity index (χ0) is 20.4. The van der Waals surface area contributed by atoms with Crippen LogP contribution in [-0.2, 0) is 6.42 Å². The van der Waals surface area contributed by atoms with Gasteiger partial charge in [-0.05, 0) is 43.0 Å². The van der Waals surface area contributed by atoms with E-state index in [1.807, 2.05) is 23.1 Å². The molecule has 1 aromatic carbocycles. The van der Waals surface area contributed by atoms with Crippen molar-refractivity contribution in [1.29, 1.82) is 0 Å². The summed E-state index contributed by atoms with van der Waals surface area (Å²) in [7, 11) is 1.65. The molecule has 2 aliphatic heterocycles. The molecule has 4 rings (SSSR count). The molecule has 0 unspecified atom stereocenters. The Balaban J connectivity index is 1.41. The number of ether oxygens (including phenoxy) is 1. The summed E-state index contributed by atoms with van der Waals surface area (Å²) < 4.78 is 5.30. The molecule has 152 valence electrons. The van der Waals surface area contributed by atoms with Gasteiger partial charge in [0, 0.05) is 44.4 Å². The molecule has 8 nitrogen and oxygen atoms in total. The molecule has 0 spiro atoms. The topological polar surface area (TPSA) is 87.7 Å². The van der Waals surface area contributed by atoms with Crippen LogP contribution in [-0.4, -0.2) is 59.5 Å². The average molecular weight is 395 g/mol. The Kier molecular flexibility index (Phi) is 5.33. The minimum absolute atomic E-state index is 0.0479. The van der Waals surface area contributed by atoms with E-state index in [0.29, 0.717) is 12.2 Å². The van der Waals surface area contributed by atoms with Crippen LogP contribution < -0.4 is 15.0 Å². The predicted octanol–water partition coefficient (Wildman–Crippen LogP) is 2.75. The smallest absolute Gasteiger partial charge is 0.322 e. The van der Waals surface area contributed by atoms with Gasteiger partial charge < -0.3 is 19.9 Å². The summed E-state index contributed by atoms with van der Waals surface area (Å²) in [5, 5.41) is 3.04. The van der Waals surface area contributed by atoms with Crippen LogP contribution in [0.1, 0.15) is 35.8 Å². The highest BCUT2D eigenvalue weighted by molar-refractivity contribution is 5.92. The van der Waals surface area contributed by atoms with Crippen LogP contribution in [0.15, 0.2) is 30.6 Å². The summed E-state index contributed by atoms with van der Waals surface area (Å²) in [4.78, 5) is 36.8. The van der Waals surface area contributed by atoms with E-state index >= 15 is 0 Å². The fourth-order valence-corrected chi connectivity index (χ4v) is 4.02. The molecule has 0 aliphatic carbocycles. The molecular weight excluding hydrogens is 370 g/mol. The molecule has 1 fully saturated rings. The summed E-state index contributed by atoms with van der Waals surface area (Å²) in [6, 6.07) is 7.63. The standard InChI is InChI=1S/C21H25N5O3/c1-14(27)19-12-20(23-13-22-19)25-8-6-16(7-9-25)26-10-5-15-11-17(29-2)3-4-18(15)24-21(26)28/h3-4,11-13,16H,5-10H2,1-2H3,(H,24,28). The fraction of sp³-hybridized carbons (Fsp3) is 0.429. The number of carbonyl (C=O) groups excluding carboxylic acids is 2. The second-order valence-corrected chi connectivity index (χ2v) is 7.43. The lowest BCUT2D eigenvalue weighted by molar-refractivity contribution is 0.101. The SMILES string of the molecule is COc1ccc2c(c1)CCN(C1CCN(c3cc(C(C)=O)ncn3)CC1)C(=O)N2. The number of rotatable bonds is 4. The molecule has 0 bridgehead atoms. The molecular formula is C21H25N5O3. The number of aromatic nitrogens is 2. The van der Waals surface area contributed by atoms with Crippen molar-refractivity contribution in [1.82, 2.24) is 14.9 Å². The first kappa shape index (κ1) is 19.2. The van der Waals surface area contributed by atoms with Crippen molar-refractivity contribution < 1.29 is 14.3 Å². The van der Waals surface area contributed by atoms with Gasteiger partial charge in [0.25, 0.3) is 0 Å². The van der Waals surface area contributed by atoms with Crippen molar-refractivity contribution in [3.05, 3.63) is 41.9 Å². The highest BCUT2D eigenvalue weighted by atomic mass is 16.5. The van der Waals surface area contributed by atoms with Gasteiger partial charge in [0.05, 0.1) is 7.11 Å². The Labute approximate surface area is 169 Å². The first-order chi connectivity index (χ1) is 14.0. The summed E-state index contributed by atoms with van der Waals surface area (Å²) in [5.74, 6) is 1.50. The average Bonchev–Trinajstić information content (AvgIpc) is 2.91. The van der Waals surface area contributed by atoms with Crippen LogP contribution in [0.2, 0.25) is 0 Å². The van der Waals surface area contributed by atoms with Gasteiger partial charge in [0.15, 0.2) is 5.78 Å². The summed E-state index contributed by atoms with van der Waals surface area (Å²) in [6.07, 6.45) is 3.93. The first-order valence-corrected chi connectivity index (χ1v) is 9.87. The van der Waals surface area contributed by atoms with Crippen molar-refractivity contribution in [3.8, 4) is 5.75 Å². The molecule has 8 heteroatoms. The highest BCUT2D eigenvalue weighted by Crippen LogP contribution is 2.28. The number of amides is 2. The van der Waals surface area contributed by atoms with E-state index < -0.39 is 0 Å². The van der Waals surface area contributed by atoms with Gasteiger partial charge >= 0.3 is 6.03 Å². The Bertz CT molecular complexity index is 924. The van der Waals surface area contributed by atoms with Crippen molar-refractivity contribution >= 4 is 23.3 Å². The Morgan fingerprint density at radius 2 is 1.97 bits per heavy atom. The molecule has 1 N–H and O–H groups in total. The molecule has 1 aromatic heterocycles. The molecule has 2 aromatic rings. The molecule has 29 heavy (non-hydrogen) atoms. The predicted molar refractivity (Wildman–Crippen MR) is 110 cm³/mol. The number of fused-ring (bicyclic) bond motifs is 1. The molecule has 1 saturated heterocycles. The number of nitrogens with one attached hydrogen (secondary N) is 1. The minimum Gasteiger partial charge on any atom is -0.497 e. The zero-order valence-corrected chi connectivity index (χ0v) is 16.7. The van der Waals surface area contributed by atoms with E-state index in [0.717, 1.165) is 55.2 Å². The van der Waals surface area contributed by atoms with Gasteiger partial charge in [-0.2, -0.15) is 0 Å². The van der Waals surface area contributed by atoms with Gasteiger partial charge in [-0.3, -0.25) is 4.79 Å². The third kappa shape index (κ3) is 4.01. The van der Waals surface area contributed by atoms with Crippen molar-refractivity contribution in [3.63, 3.8) is 0 Å². The normalized spacial score (nSPS) is 17.4. The maximum Gasteiger partial charge on any atom is 0.322 e. The van der Waals surface area contributed by atoms with Crippen molar-refractivity contribution in [2.75, 3.05) is 37.0 Å². The Morgan fingerprint density at radius 3 is 2.69 bits per heavy atom. The number of methoxy groups -OCH3 is 1. The molecule has 0 saturated carbocycles. The number of Topliss-reactive ketones (excluding diaryl/α,β-unsaturated/α-hetero) is 1. The summed E-state index contributed by atoms with van der Waals surface area (Å²) >= 11 is 0. The number of anilines is 2. The number of ketones is 1. The molecule has 3 heterocycles. The number of nitrogens with zero attached hydrogens (tertiary/aromatic N) is 4. The van der Waals surface area contributed by atoms with Crippen LogP contribution in [0.25, 0.3) is 0 Å². The lowest BCUT2D eigenvalue weighted by Gasteiger charge is -2.38. The molecule has 0 atom stereocenters. The van der Waals surface area contributed by atoms with Crippen LogP contribution in [0.5, 0.6) is 5.75 Å². The van der Waals surface area contributed by atoms with E-state index in [1.54, 1.807) is 13.2 Å². The Hall–Kier alpha value is -3.16. The third-order valence-corrected chi connectivity index (χ3v) is 5.68. The zero-order valence-electron chi connectivity index (χ0n) is 16.7.